The Kier molecular flexibility index (Phi) is 11.4. The predicted octanol–water partition coefficient (Wildman–Crippen LogP) is -2.05. The molecule has 1 unspecified atom stereocenters. The van der Waals surface area contributed by atoms with Crippen LogP contribution in [0.2, 0.25) is 0 Å². The summed E-state index contributed by atoms with van der Waals surface area (Å²) in [6.45, 7) is -0.0233. The molecule has 1 aromatic heterocycles. The van der Waals surface area contributed by atoms with Crippen LogP contribution in [-0.4, -0.2) is 76.8 Å². The zero-order valence-corrected chi connectivity index (χ0v) is 22.2. The van der Waals surface area contributed by atoms with Gasteiger partial charge in [-0.3, -0.25) is 24.6 Å². The molecule has 0 fully saturated rings. The van der Waals surface area contributed by atoms with Crippen molar-refractivity contribution in [2.75, 3.05) is 26.2 Å². The van der Waals surface area contributed by atoms with Gasteiger partial charge < -0.3 is 38.1 Å². The molecule has 40 heavy (non-hydrogen) atoms. The van der Waals surface area contributed by atoms with Crippen LogP contribution < -0.4 is 38.1 Å². The molecule has 0 aliphatic carbocycles. The minimum Gasteiger partial charge on any atom is -0.370 e. The first-order chi connectivity index (χ1) is 19.3. The topological polar surface area (TPSA) is 235 Å². The van der Waals surface area contributed by atoms with E-state index in [0.29, 0.717) is 44.5 Å². The Labute approximate surface area is 231 Å². The van der Waals surface area contributed by atoms with Crippen LogP contribution in [0.3, 0.4) is 0 Å². The van der Waals surface area contributed by atoms with Crippen LogP contribution in [0.15, 0.2) is 36.5 Å². The number of hydrogen-bond acceptors (Lipinski definition) is 8. The molecule has 3 atom stereocenters. The van der Waals surface area contributed by atoms with E-state index in [0.717, 1.165) is 5.56 Å². The van der Waals surface area contributed by atoms with E-state index in [1.807, 2.05) is 30.3 Å². The lowest BCUT2D eigenvalue weighted by Gasteiger charge is -2.23. The molecule has 0 saturated heterocycles. The Hall–Kier alpha value is -4.53. The molecule has 15 nitrogen and oxygen atoms in total. The fourth-order valence-corrected chi connectivity index (χ4v) is 4.22. The Balaban J connectivity index is 1.90. The van der Waals surface area contributed by atoms with Gasteiger partial charge in [0.25, 0.3) is 0 Å². The average Bonchev–Trinajstić information content (AvgIpc) is 3.42. The standard InChI is InChI=1S/C25H37N11O4/c26-10-4-9-20-24(40)33-17(8-5-11-29-25(27)28)23(39)31-13-21(37)30-14-22(38)32-18(19-15-36(20)35-34-19)12-16-6-2-1-3-7-16/h1-3,6-7,15,17-18,20H,4-5,8-14,26H2,(H,30,37)(H,31,39)(H,32,38)(H,33,40)(H4,27,28,29)/t17-,18-,20?/m0/s1. The summed E-state index contributed by atoms with van der Waals surface area (Å²) >= 11 is 0. The van der Waals surface area contributed by atoms with Crippen molar-refractivity contribution in [1.82, 2.24) is 41.6 Å². The number of aromatic nitrogens is 3. The summed E-state index contributed by atoms with van der Waals surface area (Å²) < 4.78 is 1.42. The van der Waals surface area contributed by atoms with Gasteiger partial charge in [0.1, 0.15) is 17.8 Å². The van der Waals surface area contributed by atoms with Crippen molar-refractivity contribution in [3.8, 4) is 0 Å². The Morgan fingerprint density at radius 3 is 2.45 bits per heavy atom. The van der Waals surface area contributed by atoms with Gasteiger partial charge in [0.05, 0.1) is 25.3 Å². The number of nitrogens with one attached hydrogen (secondary N) is 6. The lowest BCUT2D eigenvalue weighted by Crippen LogP contribution is -2.51. The van der Waals surface area contributed by atoms with E-state index in [1.54, 1.807) is 6.20 Å². The molecule has 4 amide bonds. The zero-order valence-electron chi connectivity index (χ0n) is 22.2. The number of fused-ring (bicyclic) bond motifs is 2. The summed E-state index contributed by atoms with van der Waals surface area (Å²) in [6, 6.07) is 7.13. The maximum Gasteiger partial charge on any atom is 0.245 e. The normalized spacial score (nSPS) is 20.6. The van der Waals surface area contributed by atoms with Crippen LogP contribution >= 0.6 is 0 Å². The number of nitrogens with zero attached hydrogens (tertiary/aromatic N) is 3. The number of hydrogen-bond donors (Lipinski definition) is 8. The summed E-state index contributed by atoms with van der Waals surface area (Å²) in [5, 5.41) is 29.0. The fraction of sp³-hybridized carbons (Fsp3) is 0.480. The number of nitrogens with two attached hydrogens (primary N) is 2. The van der Waals surface area contributed by atoms with Gasteiger partial charge in [0.2, 0.25) is 23.6 Å². The van der Waals surface area contributed by atoms with Gasteiger partial charge in [-0.05, 0) is 44.2 Å². The molecular weight excluding hydrogens is 518 g/mol. The average molecular weight is 556 g/mol. The zero-order chi connectivity index (χ0) is 28.9. The molecule has 1 aliphatic rings. The summed E-state index contributed by atoms with van der Waals surface area (Å²) in [5.41, 5.74) is 12.4. The van der Waals surface area contributed by atoms with Crippen molar-refractivity contribution in [3.63, 3.8) is 0 Å². The van der Waals surface area contributed by atoms with Gasteiger partial charge in [-0.25, -0.2) is 4.68 Å². The third-order valence-electron chi connectivity index (χ3n) is 6.29. The van der Waals surface area contributed by atoms with Crippen LogP contribution in [-0.2, 0) is 25.6 Å². The van der Waals surface area contributed by atoms with Crippen molar-refractivity contribution in [2.24, 2.45) is 11.5 Å². The van der Waals surface area contributed by atoms with Crippen LogP contribution in [0.4, 0.5) is 0 Å². The predicted molar refractivity (Wildman–Crippen MR) is 145 cm³/mol. The molecule has 2 aromatic rings. The molecule has 216 valence electrons. The Morgan fingerprint density at radius 1 is 0.975 bits per heavy atom. The second kappa shape index (κ2) is 15.2. The highest BCUT2D eigenvalue weighted by Gasteiger charge is 2.29. The third kappa shape index (κ3) is 9.34. The molecule has 2 heterocycles. The highest BCUT2D eigenvalue weighted by Crippen LogP contribution is 2.20. The molecule has 1 aliphatic heterocycles. The minimum atomic E-state index is -0.973. The first kappa shape index (κ1) is 30.0. The quantitative estimate of drug-likeness (QED) is 0.0964. The second-order valence-corrected chi connectivity index (χ2v) is 9.42. The van der Waals surface area contributed by atoms with E-state index in [-0.39, 0.29) is 25.5 Å². The first-order valence-corrected chi connectivity index (χ1v) is 13.1. The van der Waals surface area contributed by atoms with Crippen molar-refractivity contribution >= 4 is 29.6 Å². The van der Waals surface area contributed by atoms with Crippen molar-refractivity contribution in [3.05, 3.63) is 47.8 Å². The second-order valence-electron chi connectivity index (χ2n) is 9.42. The van der Waals surface area contributed by atoms with Crippen molar-refractivity contribution < 1.29 is 19.2 Å². The Morgan fingerprint density at radius 2 is 1.73 bits per heavy atom. The summed E-state index contributed by atoms with van der Waals surface area (Å²) in [6.07, 6.45) is 3.48. The first-order valence-electron chi connectivity index (χ1n) is 13.1. The molecule has 0 radical (unpaired) electrons. The summed E-state index contributed by atoms with van der Waals surface area (Å²) in [5.74, 6) is -2.25. The number of rotatable bonds is 9. The lowest BCUT2D eigenvalue weighted by molar-refractivity contribution is -0.132. The molecular formula is C25H37N11O4. The van der Waals surface area contributed by atoms with Crippen LogP contribution in [0, 0.1) is 5.41 Å². The number of carbonyl (C=O) groups excluding carboxylic acids is 4. The van der Waals surface area contributed by atoms with E-state index in [9.17, 15) is 19.2 Å². The fourth-order valence-electron chi connectivity index (χ4n) is 4.22. The minimum absolute atomic E-state index is 0.207. The number of carbonyl (C=O) groups is 4. The summed E-state index contributed by atoms with van der Waals surface area (Å²) in [4.78, 5) is 51.5. The molecule has 1 aromatic carbocycles. The van der Waals surface area contributed by atoms with Gasteiger partial charge in [-0.15, -0.1) is 5.10 Å². The Bertz CT molecular complexity index is 1170. The van der Waals surface area contributed by atoms with Crippen molar-refractivity contribution in [1.29, 1.82) is 5.41 Å². The van der Waals surface area contributed by atoms with Crippen LogP contribution in [0.1, 0.15) is 49.0 Å². The highest BCUT2D eigenvalue weighted by atomic mass is 16.2. The van der Waals surface area contributed by atoms with Gasteiger partial charge in [-0.2, -0.15) is 0 Å². The number of benzene rings is 1. The van der Waals surface area contributed by atoms with E-state index in [4.69, 9.17) is 16.9 Å². The third-order valence-corrected chi connectivity index (χ3v) is 6.29. The SMILES string of the molecule is N=C(N)NCCC[C@@H]1NC(=O)C(CCCN)n2cc(nn2)[C@H](Cc2ccccc2)NC(=O)CNC(=O)CNC1=O. The molecule has 15 heteroatoms. The smallest absolute Gasteiger partial charge is 0.245 e. The van der Waals surface area contributed by atoms with Gasteiger partial charge in [0, 0.05) is 6.54 Å². The van der Waals surface area contributed by atoms with Crippen molar-refractivity contribution in [2.45, 2.75) is 50.2 Å². The molecule has 10 N–H and O–H groups in total. The van der Waals surface area contributed by atoms with E-state index in [1.165, 1.54) is 4.68 Å². The molecule has 0 spiro atoms. The maximum atomic E-state index is 13.5. The molecule has 3 rings (SSSR count). The maximum absolute atomic E-state index is 13.5. The highest BCUT2D eigenvalue weighted by molar-refractivity contribution is 5.92. The van der Waals surface area contributed by atoms with E-state index < -0.39 is 41.8 Å². The molecule has 0 saturated carbocycles. The van der Waals surface area contributed by atoms with E-state index in [2.05, 4.69) is 36.9 Å². The van der Waals surface area contributed by atoms with Crippen LogP contribution in [0.5, 0.6) is 0 Å². The monoisotopic (exact) mass is 555 g/mol. The lowest BCUT2D eigenvalue weighted by atomic mass is 10.0. The van der Waals surface area contributed by atoms with E-state index >= 15 is 0 Å². The summed E-state index contributed by atoms with van der Waals surface area (Å²) in [7, 11) is 0. The van der Waals surface area contributed by atoms with Gasteiger partial charge >= 0.3 is 0 Å². The molecule has 2 bridgehead atoms. The van der Waals surface area contributed by atoms with Crippen LogP contribution in [0.25, 0.3) is 0 Å². The number of guanidine groups is 1. The largest absolute Gasteiger partial charge is 0.370 e. The number of amides is 4. The van der Waals surface area contributed by atoms with Gasteiger partial charge in [-0.1, -0.05) is 35.5 Å². The van der Waals surface area contributed by atoms with Gasteiger partial charge in [0.15, 0.2) is 5.96 Å².